The topological polar surface area (TPSA) is 45.3 Å². The summed E-state index contributed by atoms with van der Waals surface area (Å²) in [5.41, 5.74) is 4.36. The van der Waals surface area contributed by atoms with Crippen LogP contribution in [0.15, 0.2) is 61.2 Å². The van der Waals surface area contributed by atoms with Crippen molar-refractivity contribution in [2.24, 2.45) is 0 Å². The summed E-state index contributed by atoms with van der Waals surface area (Å²) in [6, 6.07) is 8.18. The summed E-state index contributed by atoms with van der Waals surface area (Å²) >= 11 is 0. The Morgan fingerprint density at radius 2 is 2.17 bits per heavy atom. The van der Waals surface area contributed by atoms with Gasteiger partial charge in [0, 0.05) is 35.1 Å². The number of hydrogen-bond donors (Lipinski definition) is 1. The van der Waals surface area contributed by atoms with Crippen molar-refractivity contribution in [2.45, 2.75) is 13.0 Å². The zero-order valence-electron chi connectivity index (χ0n) is 13.0. The second-order valence-electron chi connectivity index (χ2n) is 5.54. The quantitative estimate of drug-likeness (QED) is 0.869. The van der Waals surface area contributed by atoms with Gasteiger partial charge in [-0.15, -0.1) is 0 Å². The van der Waals surface area contributed by atoms with Gasteiger partial charge in [0.05, 0.1) is 6.54 Å². The number of carbonyl (C=O) groups excluding carboxylic acids is 1. The Kier molecular flexibility index (Phi) is 4.33. The van der Waals surface area contributed by atoms with Gasteiger partial charge in [-0.3, -0.25) is 0 Å². The van der Waals surface area contributed by atoms with E-state index in [0.717, 1.165) is 17.5 Å². The van der Waals surface area contributed by atoms with Gasteiger partial charge in [-0.2, -0.15) is 0 Å². The van der Waals surface area contributed by atoms with Crippen LogP contribution in [0.25, 0.3) is 10.9 Å². The summed E-state index contributed by atoms with van der Waals surface area (Å²) in [5.74, 6) is 0. The second kappa shape index (κ2) is 6.57. The van der Waals surface area contributed by atoms with E-state index in [1.165, 1.54) is 16.6 Å². The van der Waals surface area contributed by atoms with Crippen LogP contribution in [-0.4, -0.2) is 29.1 Å². The molecule has 1 aromatic heterocycles. The lowest BCUT2D eigenvalue weighted by Crippen LogP contribution is -2.36. The van der Waals surface area contributed by atoms with E-state index in [2.05, 4.69) is 30.3 Å². The van der Waals surface area contributed by atoms with Crippen molar-refractivity contribution >= 4 is 17.0 Å². The second-order valence-corrected chi connectivity index (χ2v) is 5.54. The molecule has 118 valence electrons. The maximum Gasteiger partial charge on any atom is 0.410 e. The highest BCUT2D eigenvalue weighted by molar-refractivity contribution is 5.85. The molecule has 0 fully saturated rings. The monoisotopic (exact) mass is 308 g/mol. The molecular formula is C19H20N2O2. The zero-order chi connectivity index (χ0) is 16.2. The number of H-pyrrole nitrogens is 1. The molecule has 1 N–H and O–H groups in total. The molecule has 1 aliphatic rings. The van der Waals surface area contributed by atoms with Crippen molar-refractivity contribution in [1.82, 2.24) is 9.88 Å². The number of fused-ring (bicyclic) bond motifs is 3. The number of rotatable bonds is 4. The molecule has 0 saturated carbocycles. The van der Waals surface area contributed by atoms with Gasteiger partial charge in [0.1, 0.15) is 6.61 Å². The molecule has 4 heteroatoms. The van der Waals surface area contributed by atoms with Crippen molar-refractivity contribution in [3.8, 4) is 0 Å². The molecule has 2 aromatic rings. The van der Waals surface area contributed by atoms with Crippen LogP contribution in [0.4, 0.5) is 4.79 Å². The molecule has 0 bridgehead atoms. The summed E-state index contributed by atoms with van der Waals surface area (Å²) in [7, 11) is 0. The lowest BCUT2D eigenvalue weighted by Gasteiger charge is -2.26. The normalized spacial score (nSPS) is 14.4. The molecule has 0 unspecified atom stereocenters. The van der Waals surface area contributed by atoms with Crippen molar-refractivity contribution < 1.29 is 9.53 Å². The van der Waals surface area contributed by atoms with E-state index >= 15 is 0 Å². The number of carbonyl (C=O) groups is 1. The fourth-order valence-electron chi connectivity index (χ4n) is 2.89. The van der Waals surface area contributed by atoms with Crippen molar-refractivity contribution in [1.29, 1.82) is 0 Å². The maximum atomic E-state index is 12.3. The lowest BCUT2D eigenvalue weighted by atomic mass is 10.1. The number of aromatic nitrogens is 1. The van der Waals surface area contributed by atoms with Gasteiger partial charge < -0.3 is 14.6 Å². The summed E-state index contributed by atoms with van der Waals surface area (Å²) in [6.45, 7) is 8.79. The maximum absolute atomic E-state index is 12.3. The Hall–Kier alpha value is -2.75. The average molecular weight is 308 g/mol. The van der Waals surface area contributed by atoms with Crippen molar-refractivity contribution in [3.63, 3.8) is 0 Å². The molecule has 0 spiro atoms. The number of allylic oxidation sites excluding steroid dienone is 2. The molecular weight excluding hydrogens is 288 g/mol. The number of amides is 1. The van der Waals surface area contributed by atoms with Crippen LogP contribution in [0.5, 0.6) is 0 Å². The molecule has 4 nitrogen and oxygen atoms in total. The van der Waals surface area contributed by atoms with Crippen LogP contribution in [-0.2, 0) is 17.7 Å². The van der Waals surface area contributed by atoms with Crippen molar-refractivity contribution in [2.75, 3.05) is 13.2 Å². The first-order chi connectivity index (χ1) is 11.2. The average Bonchev–Trinajstić information content (AvgIpc) is 2.96. The van der Waals surface area contributed by atoms with E-state index < -0.39 is 0 Å². The van der Waals surface area contributed by atoms with Gasteiger partial charge in [0.25, 0.3) is 0 Å². The molecule has 0 saturated heterocycles. The minimum atomic E-state index is -0.294. The largest absolute Gasteiger partial charge is 0.445 e. The summed E-state index contributed by atoms with van der Waals surface area (Å²) < 4.78 is 5.38. The highest BCUT2D eigenvalue weighted by Gasteiger charge is 2.24. The fraction of sp³-hybridized carbons (Fsp3) is 0.211. The molecule has 2 heterocycles. The first-order valence-corrected chi connectivity index (χ1v) is 7.67. The Morgan fingerprint density at radius 3 is 2.96 bits per heavy atom. The number of aromatic amines is 1. The van der Waals surface area contributed by atoms with Gasteiger partial charge in [0.2, 0.25) is 0 Å². The zero-order valence-corrected chi connectivity index (χ0v) is 13.0. The van der Waals surface area contributed by atoms with Crippen LogP contribution in [0.1, 0.15) is 11.3 Å². The van der Waals surface area contributed by atoms with E-state index in [-0.39, 0.29) is 12.7 Å². The van der Waals surface area contributed by atoms with Crippen LogP contribution < -0.4 is 0 Å². The Labute approximate surface area is 135 Å². The van der Waals surface area contributed by atoms with Crippen LogP contribution in [0.3, 0.4) is 0 Å². The van der Waals surface area contributed by atoms with Gasteiger partial charge in [-0.1, -0.05) is 49.6 Å². The molecule has 1 aliphatic heterocycles. The van der Waals surface area contributed by atoms with Gasteiger partial charge in [-0.05, 0) is 11.6 Å². The number of para-hydroxylation sites is 1. The molecule has 1 amide bonds. The van der Waals surface area contributed by atoms with E-state index in [1.54, 1.807) is 23.1 Å². The van der Waals surface area contributed by atoms with Crippen molar-refractivity contribution in [3.05, 3.63) is 72.5 Å². The van der Waals surface area contributed by atoms with Gasteiger partial charge in [0.15, 0.2) is 0 Å². The SMILES string of the molecule is C=C/C=C(\C=C)COC(=O)N1CCc2[nH]c3ccccc3c2C1. The molecule has 1 aromatic carbocycles. The van der Waals surface area contributed by atoms with E-state index in [4.69, 9.17) is 4.74 Å². The Balaban J connectivity index is 1.71. The first-order valence-electron chi connectivity index (χ1n) is 7.67. The third kappa shape index (κ3) is 3.06. The molecule has 3 rings (SSSR count). The van der Waals surface area contributed by atoms with Gasteiger partial charge >= 0.3 is 6.09 Å². The lowest BCUT2D eigenvalue weighted by molar-refractivity contribution is 0.106. The highest BCUT2D eigenvalue weighted by atomic mass is 16.6. The number of hydrogen-bond acceptors (Lipinski definition) is 2. The standard InChI is InChI=1S/C19H20N2O2/c1-3-7-14(4-2)13-23-19(22)21-11-10-18-16(12-21)15-8-5-6-9-17(15)20-18/h3-9,20H,1-2,10-13H2/b14-7+. The molecule has 0 atom stereocenters. The Bertz CT molecular complexity index is 786. The van der Waals surface area contributed by atoms with E-state index in [1.807, 2.05) is 12.1 Å². The number of nitrogens with one attached hydrogen (secondary N) is 1. The third-order valence-corrected chi connectivity index (χ3v) is 4.10. The minimum absolute atomic E-state index is 0.214. The third-order valence-electron chi connectivity index (χ3n) is 4.10. The fourth-order valence-corrected chi connectivity index (χ4v) is 2.89. The molecule has 0 radical (unpaired) electrons. The minimum Gasteiger partial charge on any atom is -0.445 e. The summed E-state index contributed by atoms with van der Waals surface area (Å²) in [4.78, 5) is 17.5. The van der Waals surface area contributed by atoms with Crippen LogP contribution in [0, 0.1) is 0 Å². The number of ether oxygens (including phenoxy) is 1. The number of nitrogens with zero attached hydrogens (tertiary/aromatic N) is 1. The molecule has 0 aliphatic carbocycles. The predicted octanol–water partition coefficient (Wildman–Crippen LogP) is 3.96. The van der Waals surface area contributed by atoms with E-state index in [9.17, 15) is 4.79 Å². The molecule has 23 heavy (non-hydrogen) atoms. The summed E-state index contributed by atoms with van der Waals surface area (Å²) in [5, 5.41) is 1.18. The predicted molar refractivity (Wildman–Crippen MR) is 92.2 cm³/mol. The van der Waals surface area contributed by atoms with Crippen LogP contribution >= 0.6 is 0 Å². The van der Waals surface area contributed by atoms with E-state index in [0.29, 0.717) is 13.1 Å². The highest BCUT2D eigenvalue weighted by Crippen LogP contribution is 2.27. The van der Waals surface area contributed by atoms with Crippen LogP contribution in [0.2, 0.25) is 0 Å². The first kappa shape index (κ1) is 15.2. The Morgan fingerprint density at radius 1 is 1.35 bits per heavy atom. The van der Waals surface area contributed by atoms with Gasteiger partial charge in [-0.25, -0.2) is 4.79 Å². The smallest absolute Gasteiger partial charge is 0.410 e. The summed E-state index contributed by atoms with van der Waals surface area (Å²) in [6.07, 6.45) is 5.63. The number of benzene rings is 1.